The number of ether oxygens (including phenoxy) is 1. The molecule has 18 heavy (non-hydrogen) atoms. The molecule has 1 saturated heterocycles. The Hall–Kier alpha value is -1.26. The summed E-state index contributed by atoms with van der Waals surface area (Å²) in [4.78, 5) is 11.6. The third kappa shape index (κ3) is 3.62. The number of anilines is 1. The van der Waals surface area contributed by atoms with Gasteiger partial charge in [0.05, 0.1) is 6.10 Å². The van der Waals surface area contributed by atoms with Crippen molar-refractivity contribution < 1.29 is 9.53 Å². The van der Waals surface area contributed by atoms with E-state index in [0.717, 1.165) is 25.0 Å². The van der Waals surface area contributed by atoms with Crippen molar-refractivity contribution in [2.75, 3.05) is 18.5 Å². The smallest absolute Gasteiger partial charge is 0.319 e. The van der Waals surface area contributed by atoms with Crippen LogP contribution >= 0.6 is 11.6 Å². The summed E-state index contributed by atoms with van der Waals surface area (Å²) in [7, 11) is 0. The average Bonchev–Trinajstić information content (AvgIpc) is 2.84. The van der Waals surface area contributed by atoms with Gasteiger partial charge in [0, 0.05) is 23.9 Å². The lowest BCUT2D eigenvalue weighted by Crippen LogP contribution is -2.35. The molecular formula is C13H17ClN2O2. The molecule has 0 radical (unpaired) electrons. The van der Waals surface area contributed by atoms with E-state index < -0.39 is 0 Å². The van der Waals surface area contributed by atoms with E-state index in [9.17, 15) is 4.79 Å². The highest BCUT2D eigenvalue weighted by atomic mass is 35.5. The molecule has 0 saturated carbocycles. The monoisotopic (exact) mass is 268 g/mol. The van der Waals surface area contributed by atoms with Crippen LogP contribution in [0.25, 0.3) is 0 Å². The molecule has 0 spiro atoms. The first-order chi connectivity index (χ1) is 8.65. The average molecular weight is 269 g/mol. The lowest BCUT2D eigenvalue weighted by molar-refractivity contribution is 0.112. The van der Waals surface area contributed by atoms with Crippen LogP contribution in [0.2, 0.25) is 5.02 Å². The third-order valence-corrected chi connectivity index (χ3v) is 3.35. The molecule has 1 aromatic carbocycles. The van der Waals surface area contributed by atoms with Gasteiger partial charge in [0.1, 0.15) is 0 Å². The highest BCUT2D eigenvalue weighted by molar-refractivity contribution is 6.31. The minimum atomic E-state index is -0.231. The number of hydrogen-bond acceptors (Lipinski definition) is 2. The summed E-state index contributed by atoms with van der Waals surface area (Å²) in [6, 6.07) is 5.21. The zero-order valence-corrected chi connectivity index (χ0v) is 11.1. The van der Waals surface area contributed by atoms with Crippen LogP contribution in [0.3, 0.4) is 0 Å². The molecule has 98 valence electrons. The Kier molecular flexibility index (Phi) is 4.44. The van der Waals surface area contributed by atoms with Crippen molar-refractivity contribution in [2.24, 2.45) is 0 Å². The van der Waals surface area contributed by atoms with Crippen LogP contribution in [0.15, 0.2) is 18.2 Å². The summed E-state index contributed by atoms with van der Waals surface area (Å²) in [5.74, 6) is 0. The van der Waals surface area contributed by atoms with Crippen LogP contribution in [-0.2, 0) is 4.74 Å². The zero-order valence-electron chi connectivity index (χ0n) is 10.3. The van der Waals surface area contributed by atoms with Crippen LogP contribution < -0.4 is 10.6 Å². The summed E-state index contributed by atoms with van der Waals surface area (Å²) in [6.45, 7) is 3.26. The molecule has 2 amide bonds. The summed E-state index contributed by atoms with van der Waals surface area (Å²) in [6.07, 6.45) is 2.23. The number of rotatable bonds is 3. The fourth-order valence-corrected chi connectivity index (χ4v) is 2.04. The Bertz CT molecular complexity index is 431. The second-order valence-corrected chi connectivity index (χ2v) is 4.84. The van der Waals surface area contributed by atoms with Gasteiger partial charge in [-0.25, -0.2) is 4.79 Å². The van der Waals surface area contributed by atoms with Crippen LogP contribution in [0.5, 0.6) is 0 Å². The molecule has 0 aromatic heterocycles. The molecule has 5 heteroatoms. The SMILES string of the molecule is Cc1ccc(NC(=O)NCC2CCCO2)cc1Cl. The van der Waals surface area contributed by atoms with Crippen molar-refractivity contribution in [3.8, 4) is 0 Å². The van der Waals surface area contributed by atoms with Gasteiger partial charge in [-0.15, -0.1) is 0 Å². The number of amides is 2. The highest BCUT2D eigenvalue weighted by Crippen LogP contribution is 2.19. The molecule has 4 nitrogen and oxygen atoms in total. The Morgan fingerprint density at radius 2 is 2.39 bits per heavy atom. The van der Waals surface area contributed by atoms with E-state index in [1.54, 1.807) is 6.07 Å². The fraction of sp³-hybridized carbons (Fsp3) is 0.462. The standard InChI is InChI=1S/C13H17ClN2O2/c1-9-4-5-10(7-12(9)14)16-13(17)15-8-11-3-2-6-18-11/h4-5,7,11H,2-3,6,8H2,1H3,(H2,15,16,17). The van der Waals surface area contributed by atoms with Crippen LogP contribution in [-0.4, -0.2) is 25.3 Å². The van der Waals surface area contributed by atoms with Gasteiger partial charge in [0.25, 0.3) is 0 Å². The van der Waals surface area contributed by atoms with Crippen molar-refractivity contribution in [3.63, 3.8) is 0 Å². The van der Waals surface area contributed by atoms with E-state index in [-0.39, 0.29) is 12.1 Å². The predicted molar refractivity (Wildman–Crippen MR) is 72.2 cm³/mol. The van der Waals surface area contributed by atoms with Gasteiger partial charge in [-0.05, 0) is 37.5 Å². The molecule has 1 aliphatic heterocycles. The minimum absolute atomic E-state index is 0.150. The van der Waals surface area contributed by atoms with Crippen molar-refractivity contribution >= 4 is 23.3 Å². The Morgan fingerprint density at radius 3 is 3.06 bits per heavy atom. The normalized spacial score (nSPS) is 18.7. The minimum Gasteiger partial charge on any atom is -0.376 e. The number of carbonyl (C=O) groups is 1. The van der Waals surface area contributed by atoms with Gasteiger partial charge < -0.3 is 15.4 Å². The number of aryl methyl sites for hydroxylation is 1. The van der Waals surface area contributed by atoms with Crippen LogP contribution in [0.4, 0.5) is 10.5 Å². The highest BCUT2D eigenvalue weighted by Gasteiger charge is 2.16. The number of urea groups is 1. The predicted octanol–water partition coefficient (Wildman–Crippen LogP) is 2.95. The van der Waals surface area contributed by atoms with Crippen molar-refractivity contribution in [3.05, 3.63) is 28.8 Å². The number of halogens is 1. The second kappa shape index (κ2) is 6.07. The van der Waals surface area contributed by atoms with E-state index in [2.05, 4.69) is 10.6 Å². The van der Waals surface area contributed by atoms with Crippen LogP contribution in [0.1, 0.15) is 18.4 Å². The zero-order chi connectivity index (χ0) is 13.0. The molecule has 1 aliphatic rings. The Balaban J connectivity index is 1.80. The maximum Gasteiger partial charge on any atom is 0.319 e. The fourth-order valence-electron chi connectivity index (χ4n) is 1.86. The molecule has 1 fully saturated rings. The molecule has 2 rings (SSSR count). The number of nitrogens with one attached hydrogen (secondary N) is 2. The van der Waals surface area contributed by atoms with E-state index in [1.165, 1.54) is 0 Å². The van der Waals surface area contributed by atoms with Gasteiger partial charge in [0.2, 0.25) is 0 Å². The number of hydrogen-bond donors (Lipinski definition) is 2. The lowest BCUT2D eigenvalue weighted by Gasteiger charge is -2.12. The first-order valence-corrected chi connectivity index (χ1v) is 6.45. The summed E-state index contributed by atoms with van der Waals surface area (Å²) in [5, 5.41) is 6.18. The topological polar surface area (TPSA) is 50.4 Å². The summed E-state index contributed by atoms with van der Waals surface area (Å²) < 4.78 is 5.42. The van der Waals surface area contributed by atoms with Crippen molar-refractivity contribution in [2.45, 2.75) is 25.9 Å². The van der Waals surface area contributed by atoms with Crippen molar-refractivity contribution in [1.82, 2.24) is 5.32 Å². The van der Waals surface area contributed by atoms with E-state index in [1.807, 2.05) is 19.1 Å². The molecule has 2 N–H and O–H groups in total. The lowest BCUT2D eigenvalue weighted by atomic mass is 10.2. The molecule has 1 atom stereocenters. The number of carbonyl (C=O) groups excluding carboxylic acids is 1. The van der Waals surface area contributed by atoms with Crippen LogP contribution in [0, 0.1) is 6.92 Å². The first-order valence-electron chi connectivity index (χ1n) is 6.08. The first kappa shape index (κ1) is 13.2. The Labute approximate surface area is 112 Å². The molecule has 0 aliphatic carbocycles. The van der Waals surface area contributed by atoms with Gasteiger partial charge in [0.15, 0.2) is 0 Å². The third-order valence-electron chi connectivity index (χ3n) is 2.94. The maximum absolute atomic E-state index is 11.6. The van der Waals surface area contributed by atoms with Gasteiger partial charge in [-0.3, -0.25) is 0 Å². The molecule has 1 unspecified atom stereocenters. The van der Waals surface area contributed by atoms with E-state index in [4.69, 9.17) is 16.3 Å². The van der Waals surface area contributed by atoms with E-state index >= 15 is 0 Å². The van der Waals surface area contributed by atoms with E-state index in [0.29, 0.717) is 17.3 Å². The summed E-state index contributed by atoms with van der Waals surface area (Å²) >= 11 is 5.99. The van der Waals surface area contributed by atoms with Crippen molar-refractivity contribution in [1.29, 1.82) is 0 Å². The second-order valence-electron chi connectivity index (χ2n) is 4.43. The van der Waals surface area contributed by atoms with Gasteiger partial charge in [-0.2, -0.15) is 0 Å². The van der Waals surface area contributed by atoms with Gasteiger partial charge in [-0.1, -0.05) is 17.7 Å². The molecule has 0 bridgehead atoms. The quantitative estimate of drug-likeness (QED) is 0.886. The molecule has 1 aromatic rings. The number of benzene rings is 1. The molecule has 1 heterocycles. The maximum atomic E-state index is 11.6. The largest absolute Gasteiger partial charge is 0.376 e. The summed E-state index contributed by atoms with van der Waals surface area (Å²) in [5.41, 5.74) is 1.68. The Morgan fingerprint density at radius 1 is 1.56 bits per heavy atom. The van der Waals surface area contributed by atoms with Gasteiger partial charge >= 0.3 is 6.03 Å². The molecular weight excluding hydrogens is 252 g/mol.